The largest absolute Gasteiger partial charge is 0.473 e. The summed E-state index contributed by atoms with van der Waals surface area (Å²) in [6.07, 6.45) is 3.93. The number of rotatable bonds is 11. The molecular formula is C37H43N3O4. The lowest BCUT2D eigenvalue weighted by Crippen LogP contribution is -2.37. The zero-order valence-corrected chi connectivity index (χ0v) is 25.9. The normalized spacial score (nSPS) is 16.5. The van der Waals surface area contributed by atoms with Crippen LogP contribution in [0.2, 0.25) is 0 Å². The molecule has 0 spiro atoms. The molecule has 0 saturated heterocycles. The van der Waals surface area contributed by atoms with Crippen LogP contribution >= 0.6 is 0 Å². The van der Waals surface area contributed by atoms with Crippen LogP contribution in [-0.4, -0.2) is 29.3 Å². The van der Waals surface area contributed by atoms with Gasteiger partial charge in [0.15, 0.2) is 0 Å². The Morgan fingerprint density at radius 2 is 1.39 bits per heavy atom. The number of hydrogen-bond acceptors (Lipinski definition) is 6. The molecule has 44 heavy (non-hydrogen) atoms. The van der Waals surface area contributed by atoms with E-state index in [9.17, 15) is 4.79 Å². The average Bonchev–Trinajstić information content (AvgIpc) is 3.03. The van der Waals surface area contributed by atoms with Gasteiger partial charge in [-0.15, -0.1) is 0 Å². The summed E-state index contributed by atoms with van der Waals surface area (Å²) in [7, 11) is 0. The van der Waals surface area contributed by atoms with Crippen molar-refractivity contribution in [1.82, 2.24) is 10.3 Å². The third-order valence-electron chi connectivity index (χ3n) is 7.63. The fourth-order valence-electron chi connectivity index (χ4n) is 5.33. The number of alkyl carbamates (subject to hydrolysis) is 1. The molecule has 7 nitrogen and oxygen atoms in total. The monoisotopic (exact) mass is 593 g/mol. The van der Waals surface area contributed by atoms with Crippen molar-refractivity contribution in [2.45, 2.75) is 71.3 Å². The molecular weight excluding hydrogens is 550 g/mol. The number of carbonyl (C=O) groups is 1. The van der Waals surface area contributed by atoms with Gasteiger partial charge in [-0.2, -0.15) is 4.98 Å². The summed E-state index contributed by atoms with van der Waals surface area (Å²) in [6.45, 7) is 7.15. The molecule has 1 saturated carbocycles. The zero-order chi connectivity index (χ0) is 30.8. The number of benzene rings is 3. The highest BCUT2D eigenvalue weighted by atomic mass is 16.6. The number of pyridine rings is 1. The van der Waals surface area contributed by atoms with Crippen molar-refractivity contribution < 1.29 is 19.0 Å². The molecule has 1 aliphatic carbocycles. The second-order valence-corrected chi connectivity index (χ2v) is 12.4. The maximum absolute atomic E-state index is 12.0. The van der Waals surface area contributed by atoms with Gasteiger partial charge in [-0.3, -0.25) is 0 Å². The topological polar surface area (TPSA) is 81.7 Å². The van der Waals surface area contributed by atoms with Gasteiger partial charge in [0, 0.05) is 29.9 Å². The van der Waals surface area contributed by atoms with Crippen molar-refractivity contribution in [3.8, 4) is 22.9 Å². The van der Waals surface area contributed by atoms with Crippen molar-refractivity contribution in [1.29, 1.82) is 0 Å². The first-order valence-electron chi connectivity index (χ1n) is 15.5. The van der Waals surface area contributed by atoms with Gasteiger partial charge in [0.2, 0.25) is 11.8 Å². The summed E-state index contributed by atoms with van der Waals surface area (Å²) in [5.74, 6) is 1.54. The summed E-state index contributed by atoms with van der Waals surface area (Å²) in [5.41, 5.74) is 4.71. The van der Waals surface area contributed by atoms with Crippen LogP contribution < -0.4 is 20.1 Å². The minimum absolute atomic E-state index is 0.337. The van der Waals surface area contributed by atoms with Gasteiger partial charge >= 0.3 is 6.09 Å². The molecule has 2 N–H and O–H groups in total. The SMILES string of the molecule is CC(C)(C)OC(=O)NCC1CCC(Nc2ccc(-c3ccc(OCc4ccccc4)nc3OCc3ccccc3)cc2)CC1. The van der Waals surface area contributed by atoms with E-state index in [1.807, 2.05) is 93.6 Å². The van der Waals surface area contributed by atoms with Crippen LogP contribution in [0.5, 0.6) is 11.8 Å². The minimum Gasteiger partial charge on any atom is -0.473 e. The summed E-state index contributed by atoms with van der Waals surface area (Å²) in [5, 5.41) is 6.63. The van der Waals surface area contributed by atoms with E-state index in [2.05, 4.69) is 34.9 Å². The first-order valence-corrected chi connectivity index (χ1v) is 15.5. The van der Waals surface area contributed by atoms with Crippen molar-refractivity contribution in [3.05, 3.63) is 108 Å². The number of amides is 1. The molecule has 0 aliphatic heterocycles. The molecule has 0 atom stereocenters. The van der Waals surface area contributed by atoms with E-state index in [-0.39, 0.29) is 6.09 Å². The second kappa shape index (κ2) is 14.8. The van der Waals surface area contributed by atoms with Crippen LogP contribution in [-0.2, 0) is 18.0 Å². The standard InChI is InChI=1S/C37H43N3O4/c1-37(2,3)44-36(41)38-24-27-14-18-31(19-15-27)39-32-20-16-30(17-21-32)33-22-23-34(42-25-28-10-6-4-7-11-28)40-35(33)43-26-29-12-8-5-9-13-29/h4-13,16-17,20-23,27,31,39H,14-15,18-19,24-26H2,1-3H3,(H,38,41). The predicted molar refractivity (Wildman–Crippen MR) is 175 cm³/mol. The van der Waals surface area contributed by atoms with E-state index >= 15 is 0 Å². The van der Waals surface area contributed by atoms with E-state index in [0.717, 1.165) is 53.6 Å². The van der Waals surface area contributed by atoms with Crippen molar-refractivity contribution in [2.24, 2.45) is 5.92 Å². The van der Waals surface area contributed by atoms with Gasteiger partial charge in [0.05, 0.1) is 0 Å². The molecule has 0 unspecified atom stereocenters. The smallest absolute Gasteiger partial charge is 0.407 e. The summed E-state index contributed by atoms with van der Waals surface area (Å²) < 4.78 is 17.6. The molecule has 1 fully saturated rings. The molecule has 3 aromatic carbocycles. The number of nitrogens with zero attached hydrogens (tertiary/aromatic N) is 1. The highest BCUT2D eigenvalue weighted by molar-refractivity contribution is 5.71. The summed E-state index contributed by atoms with van der Waals surface area (Å²) in [4.78, 5) is 16.7. The Morgan fingerprint density at radius 3 is 2.00 bits per heavy atom. The number of ether oxygens (including phenoxy) is 3. The Hall–Kier alpha value is -4.52. The molecule has 0 bridgehead atoms. The Kier molecular flexibility index (Phi) is 10.4. The van der Waals surface area contributed by atoms with E-state index in [1.165, 1.54) is 0 Å². The minimum atomic E-state index is -0.477. The maximum atomic E-state index is 12.0. The van der Waals surface area contributed by atoms with Crippen LogP contribution in [0.1, 0.15) is 57.6 Å². The lowest BCUT2D eigenvalue weighted by atomic mass is 9.86. The van der Waals surface area contributed by atoms with Crippen LogP contribution in [0.15, 0.2) is 97.1 Å². The van der Waals surface area contributed by atoms with Crippen LogP contribution in [0.4, 0.5) is 10.5 Å². The van der Waals surface area contributed by atoms with Crippen molar-refractivity contribution >= 4 is 11.8 Å². The van der Waals surface area contributed by atoms with E-state index in [0.29, 0.717) is 43.5 Å². The van der Waals surface area contributed by atoms with Gasteiger partial charge in [0.1, 0.15) is 18.8 Å². The molecule has 1 aliphatic rings. The number of anilines is 1. The van der Waals surface area contributed by atoms with Crippen molar-refractivity contribution in [2.75, 3.05) is 11.9 Å². The van der Waals surface area contributed by atoms with E-state index in [1.54, 1.807) is 0 Å². The lowest BCUT2D eigenvalue weighted by Gasteiger charge is -2.30. The molecule has 230 valence electrons. The Balaban J connectivity index is 1.19. The van der Waals surface area contributed by atoms with Gasteiger partial charge < -0.3 is 24.8 Å². The Bertz CT molecular complexity index is 1460. The van der Waals surface area contributed by atoms with Crippen LogP contribution in [0.25, 0.3) is 11.1 Å². The molecule has 0 radical (unpaired) electrons. The molecule has 1 amide bonds. The zero-order valence-electron chi connectivity index (χ0n) is 25.9. The Labute approximate surface area is 261 Å². The number of hydrogen-bond donors (Lipinski definition) is 2. The summed E-state index contributed by atoms with van der Waals surface area (Å²) in [6, 6.07) is 32.9. The third-order valence-corrected chi connectivity index (χ3v) is 7.63. The van der Waals surface area contributed by atoms with Gasteiger partial charge in [-0.1, -0.05) is 72.8 Å². The lowest BCUT2D eigenvalue weighted by molar-refractivity contribution is 0.0515. The second-order valence-electron chi connectivity index (χ2n) is 12.4. The van der Waals surface area contributed by atoms with Gasteiger partial charge in [-0.25, -0.2) is 4.79 Å². The highest BCUT2D eigenvalue weighted by Gasteiger charge is 2.23. The molecule has 4 aromatic rings. The van der Waals surface area contributed by atoms with E-state index in [4.69, 9.17) is 19.2 Å². The number of aromatic nitrogens is 1. The predicted octanol–water partition coefficient (Wildman–Crippen LogP) is 8.40. The quantitative estimate of drug-likeness (QED) is 0.182. The van der Waals surface area contributed by atoms with Crippen LogP contribution in [0, 0.1) is 5.92 Å². The first-order chi connectivity index (χ1) is 21.3. The fraction of sp³-hybridized carbons (Fsp3) is 0.351. The maximum Gasteiger partial charge on any atom is 0.407 e. The number of nitrogens with one attached hydrogen (secondary N) is 2. The van der Waals surface area contributed by atoms with Crippen LogP contribution in [0.3, 0.4) is 0 Å². The third kappa shape index (κ3) is 9.49. The average molecular weight is 594 g/mol. The van der Waals surface area contributed by atoms with Gasteiger partial charge in [0.25, 0.3) is 0 Å². The first kappa shape index (κ1) is 30.9. The summed E-state index contributed by atoms with van der Waals surface area (Å²) >= 11 is 0. The fourth-order valence-corrected chi connectivity index (χ4v) is 5.33. The Morgan fingerprint density at radius 1 is 0.773 bits per heavy atom. The molecule has 1 heterocycles. The van der Waals surface area contributed by atoms with Crippen molar-refractivity contribution in [3.63, 3.8) is 0 Å². The molecule has 5 rings (SSSR count). The molecule has 1 aromatic heterocycles. The highest BCUT2D eigenvalue weighted by Crippen LogP contribution is 2.33. The number of carbonyl (C=O) groups excluding carboxylic acids is 1. The molecule has 7 heteroatoms. The van der Waals surface area contributed by atoms with E-state index < -0.39 is 5.60 Å². The van der Waals surface area contributed by atoms with Gasteiger partial charge in [-0.05, 0) is 87.3 Å².